The smallest absolute Gasteiger partial charge is 0.243 e. The Hall–Kier alpha value is -2.26. The zero-order valence-corrected chi connectivity index (χ0v) is 19.2. The lowest BCUT2D eigenvalue weighted by Crippen LogP contribution is -2.40. The second kappa shape index (κ2) is 10.4. The molecule has 0 atom stereocenters. The van der Waals surface area contributed by atoms with Crippen LogP contribution in [0.15, 0.2) is 47.4 Å². The van der Waals surface area contributed by atoms with Crippen molar-refractivity contribution < 1.29 is 17.9 Å². The minimum atomic E-state index is -3.63. The molecule has 1 saturated heterocycles. The molecule has 0 radical (unpaired) electrons. The molecular formula is C23H31N3O4S. The summed E-state index contributed by atoms with van der Waals surface area (Å²) in [7, 11) is -3.63. The highest BCUT2D eigenvalue weighted by Gasteiger charge is 2.28. The molecule has 2 aromatic carbocycles. The van der Waals surface area contributed by atoms with Gasteiger partial charge in [0.05, 0.1) is 24.7 Å². The molecule has 31 heavy (non-hydrogen) atoms. The second-order valence-corrected chi connectivity index (χ2v) is 9.74. The topological polar surface area (TPSA) is 79.0 Å². The standard InChI is InChI=1S/C23H31N3O4S/c1-4-25(16-20-7-5-6-18(2)14-20)17-23(27)24-21-9-8-19(3)22(15-21)31(28,29)26-10-12-30-13-11-26/h5-9,14-15H,4,10-13,16-17H2,1-3H3,(H,24,27). The summed E-state index contributed by atoms with van der Waals surface area (Å²) in [5, 5.41) is 2.86. The van der Waals surface area contributed by atoms with Crippen LogP contribution in [0, 0.1) is 13.8 Å². The maximum atomic E-state index is 13.1. The van der Waals surface area contributed by atoms with Crippen molar-refractivity contribution in [3.63, 3.8) is 0 Å². The van der Waals surface area contributed by atoms with Gasteiger partial charge >= 0.3 is 0 Å². The summed E-state index contributed by atoms with van der Waals surface area (Å²) in [6, 6.07) is 13.2. The number of benzene rings is 2. The van der Waals surface area contributed by atoms with Crippen LogP contribution in [0.4, 0.5) is 5.69 Å². The fourth-order valence-electron chi connectivity index (χ4n) is 3.63. The number of carbonyl (C=O) groups is 1. The van der Waals surface area contributed by atoms with E-state index in [2.05, 4.69) is 17.4 Å². The van der Waals surface area contributed by atoms with E-state index in [1.165, 1.54) is 9.87 Å². The van der Waals surface area contributed by atoms with Crippen LogP contribution in [0.25, 0.3) is 0 Å². The molecule has 1 amide bonds. The van der Waals surface area contributed by atoms with Crippen molar-refractivity contribution in [3.05, 3.63) is 59.2 Å². The highest BCUT2D eigenvalue weighted by molar-refractivity contribution is 7.89. The second-order valence-electron chi connectivity index (χ2n) is 7.84. The summed E-state index contributed by atoms with van der Waals surface area (Å²) in [5.41, 5.74) is 3.48. The van der Waals surface area contributed by atoms with Crippen LogP contribution in [0.2, 0.25) is 0 Å². The quantitative estimate of drug-likeness (QED) is 0.676. The molecule has 3 rings (SSSR count). The Balaban J connectivity index is 1.69. The van der Waals surface area contributed by atoms with E-state index in [0.29, 0.717) is 44.1 Å². The molecule has 168 valence electrons. The highest BCUT2D eigenvalue weighted by atomic mass is 32.2. The maximum absolute atomic E-state index is 13.1. The van der Waals surface area contributed by atoms with Gasteiger partial charge < -0.3 is 10.1 Å². The van der Waals surface area contributed by atoms with E-state index in [1.807, 2.05) is 30.9 Å². The molecule has 1 N–H and O–H groups in total. The van der Waals surface area contributed by atoms with E-state index >= 15 is 0 Å². The number of morpholine rings is 1. The molecule has 2 aromatic rings. The van der Waals surface area contributed by atoms with Crippen LogP contribution in [0.3, 0.4) is 0 Å². The van der Waals surface area contributed by atoms with Crippen molar-refractivity contribution in [1.29, 1.82) is 0 Å². The predicted octanol–water partition coefficient (Wildman–Crippen LogP) is 2.78. The van der Waals surface area contributed by atoms with E-state index in [9.17, 15) is 13.2 Å². The van der Waals surface area contributed by atoms with Crippen LogP contribution >= 0.6 is 0 Å². The van der Waals surface area contributed by atoms with Gasteiger partial charge in [-0.25, -0.2) is 8.42 Å². The fraction of sp³-hybridized carbons (Fsp3) is 0.435. The van der Waals surface area contributed by atoms with Gasteiger partial charge in [0.1, 0.15) is 0 Å². The molecule has 1 heterocycles. The van der Waals surface area contributed by atoms with Crippen molar-refractivity contribution in [2.75, 3.05) is 44.7 Å². The van der Waals surface area contributed by atoms with Gasteiger partial charge in [-0.2, -0.15) is 4.31 Å². The number of likely N-dealkylation sites (N-methyl/N-ethyl adjacent to an activating group) is 1. The van der Waals surface area contributed by atoms with Crippen LogP contribution < -0.4 is 5.32 Å². The molecule has 8 heteroatoms. The van der Waals surface area contributed by atoms with Gasteiger partial charge in [-0.05, 0) is 43.7 Å². The molecule has 0 aromatic heterocycles. The molecule has 0 unspecified atom stereocenters. The first-order chi connectivity index (χ1) is 14.8. The van der Waals surface area contributed by atoms with E-state index in [0.717, 1.165) is 12.1 Å². The molecule has 0 saturated carbocycles. The first-order valence-corrected chi connectivity index (χ1v) is 12.0. The van der Waals surface area contributed by atoms with Gasteiger partial charge in [0.2, 0.25) is 15.9 Å². The zero-order chi connectivity index (χ0) is 22.4. The van der Waals surface area contributed by atoms with Gasteiger partial charge in [-0.1, -0.05) is 42.8 Å². The summed E-state index contributed by atoms with van der Waals surface area (Å²) in [6.45, 7) is 8.91. The minimum Gasteiger partial charge on any atom is -0.379 e. The number of ether oxygens (including phenoxy) is 1. The van der Waals surface area contributed by atoms with Crippen molar-refractivity contribution in [1.82, 2.24) is 9.21 Å². The Bertz CT molecular complexity index is 1020. The minimum absolute atomic E-state index is 0.173. The van der Waals surface area contributed by atoms with E-state index in [1.54, 1.807) is 25.1 Å². The number of nitrogens with one attached hydrogen (secondary N) is 1. The van der Waals surface area contributed by atoms with Gasteiger partial charge in [-0.15, -0.1) is 0 Å². The Morgan fingerprint density at radius 1 is 1.13 bits per heavy atom. The van der Waals surface area contributed by atoms with Crippen LogP contribution in [0.5, 0.6) is 0 Å². The molecule has 7 nitrogen and oxygen atoms in total. The number of amides is 1. The lowest BCUT2D eigenvalue weighted by atomic mass is 10.1. The van der Waals surface area contributed by atoms with Crippen molar-refractivity contribution >= 4 is 21.6 Å². The SMILES string of the molecule is CCN(CC(=O)Nc1ccc(C)c(S(=O)(=O)N2CCOCC2)c1)Cc1cccc(C)c1. The molecule has 1 aliphatic heterocycles. The van der Waals surface area contributed by atoms with Gasteiger partial charge in [0, 0.05) is 25.3 Å². The molecule has 0 bridgehead atoms. The van der Waals surface area contributed by atoms with Gasteiger partial charge in [0.25, 0.3) is 0 Å². The monoisotopic (exact) mass is 445 g/mol. The van der Waals surface area contributed by atoms with Crippen LogP contribution in [-0.4, -0.2) is 62.9 Å². The van der Waals surface area contributed by atoms with E-state index < -0.39 is 10.0 Å². The molecular weight excluding hydrogens is 414 g/mol. The third-order valence-electron chi connectivity index (χ3n) is 5.36. The summed E-state index contributed by atoms with van der Waals surface area (Å²) in [5.74, 6) is -0.173. The number of hydrogen-bond donors (Lipinski definition) is 1. The number of sulfonamides is 1. The summed E-state index contributed by atoms with van der Waals surface area (Å²) in [6.07, 6.45) is 0. The predicted molar refractivity (Wildman–Crippen MR) is 122 cm³/mol. The average molecular weight is 446 g/mol. The van der Waals surface area contributed by atoms with E-state index in [4.69, 9.17) is 4.74 Å². The Labute approximate surface area is 185 Å². The Morgan fingerprint density at radius 2 is 1.87 bits per heavy atom. The maximum Gasteiger partial charge on any atom is 0.243 e. The van der Waals surface area contributed by atoms with Gasteiger partial charge in [0.15, 0.2) is 0 Å². The average Bonchev–Trinajstić information content (AvgIpc) is 2.75. The summed E-state index contributed by atoms with van der Waals surface area (Å²) in [4.78, 5) is 14.9. The van der Waals surface area contributed by atoms with E-state index in [-0.39, 0.29) is 17.3 Å². The molecule has 1 fully saturated rings. The first kappa shape index (κ1) is 23.4. The van der Waals surface area contributed by atoms with Crippen LogP contribution in [0.1, 0.15) is 23.6 Å². The van der Waals surface area contributed by atoms with Crippen molar-refractivity contribution in [2.24, 2.45) is 0 Å². The molecule has 0 spiro atoms. The number of rotatable bonds is 8. The molecule has 1 aliphatic rings. The number of aryl methyl sites for hydroxylation is 2. The fourth-order valence-corrected chi connectivity index (χ4v) is 5.29. The Morgan fingerprint density at radius 3 is 2.55 bits per heavy atom. The molecule has 0 aliphatic carbocycles. The van der Waals surface area contributed by atoms with Crippen molar-refractivity contribution in [2.45, 2.75) is 32.2 Å². The Kier molecular flexibility index (Phi) is 7.83. The number of anilines is 1. The summed E-state index contributed by atoms with van der Waals surface area (Å²) < 4.78 is 32.8. The highest BCUT2D eigenvalue weighted by Crippen LogP contribution is 2.24. The normalized spacial score (nSPS) is 15.2. The number of hydrogen-bond acceptors (Lipinski definition) is 5. The van der Waals surface area contributed by atoms with Crippen molar-refractivity contribution in [3.8, 4) is 0 Å². The lowest BCUT2D eigenvalue weighted by molar-refractivity contribution is -0.117. The summed E-state index contributed by atoms with van der Waals surface area (Å²) >= 11 is 0. The number of carbonyl (C=O) groups excluding carboxylic acids is 1. The first-order valence-electron chi connectivity index (χ1n) is 10.6. The van der Waals surface area contributed by atoms with Crippen LogP contribution in [-0.2, 0) is 26.1 Å². The third-order valence-corrected chi connectivity index (χ3v) is 7.40. The number of nitrogens with zero attached hydrogens (tertiary/aromatic N) is 2. The zero-order valence-electron chi connectivity index (χ0n) is 18.4. The van der Waals surface area contributed by atoms with Gasteiger partial charge in [-0.3, -0.25) is 9.69 Å². The largest absolute Gasteiger partial charge is 0.379 e. The lowest BCUT2D eigenvalue weighted by Gasteiger charge is -2.27. The third kappa shape index (κ3) is 6.13.